The summed E-state index contributed by atoms with van der Waals surface area (Å²) in [4.78, 5) is 14.4. The van der Waals surface area contributed by atoms with E-state index < -0.39 is 5.82 Å². The molecule has 0 radical (unpaired) electrons. The Hall–Kier alpha value is -1.62. The molecule has 1 amide bonds. The van der Waals surface area contributed by atoms with E-state index in [0.29, 0.717) is 11.7 Å². The molecule has 1 atom stereocenters. The zero-order valence-corrected chi connectivity index (χ0v) is 10.7. The normalized spacial score (nSPS) is 23.5. The second-order valence-corrected chi connectivity index (χ2v) is 5.42. The molecule has 3 N–H and O–H groups in total. The molecular weight excluding hydrogens is 245 g/mol. The first-order valence-corrected chi connectivity index (χ1v) is 6.73. The molecule has 19 heavy (non-hydrogen) atoms. The number of rotatable bonds is 3. The van der Waals surface area contributed by atoms with Crippen LogP contribution in [0, 0.1) is 5.82 Å². The fourth-order valence-corrected chi connectivity index (χ4v) is 2.66. The van der Waals surface area contributed by atoms with Crippen molar-refractivity contribution >= 4 is 11.6 Å². The summed E-state index contributed by atoms with van der Waals surface area (Å²) in [5, 5.41) is 2.90. The van der Waals surface area contributed by atoms with Crippen molar-refractivity contribution in [2.45, 2.75) is 31.3 Å². The molecule has 4 nitrogen and oxygen atoms in total. The number of nitrogens with one attached hydrogen (secondary N) is 1. The number of halogens is 1. The van der Waals surface area contributed by atoms with Gasteiger partial charge in [0.2, 0.25) is 0 Å². The van der Waals surface area contributed by atoms with Crippen molar-refractivity contribution in [2.75, 3.05) is 18.8 Å². The van der Waals surface area contributed by atoms with Crippen molar-refractivity contribution in [1.82, 2.24) is 10.2 Å². The highest BCUT2D eigenvalue weighted by Gasteiger charge is 2.34. The lowest BCUT2D eigenvalue weighted by atomic mass is 10.1. The van der Waals surface area contributed by atoms with Crippen LogP contribution < -0.4 is 11.1 Å². The Morgan fingerprint density at radius 3 is 2.89 bits per heavy atom. The Labute approximate surface area is 111 Å². The van der Waals surface area contributed by atoms with Gasteiger partial charge in [-0.05, 0) is 37.5 Å². The van der Waals surface area contributed by atoms with Gasteiger partial charge in [0.1, 0.15) is 5.82 Å². The van der Waals surface area contributed by atoms with Gasteiger partial charge in [0.25, 0.3) is 5.91 Å². The monoisotopic (exact) mass is 263 g/mol. The van der Waals surface area contributed by atoms with Crippen LogP contribution in [-0.4, -0.2) is 36.0 Å². The van der Waals surface area contributed by atoms with Crippen LogP contribution in [0.15, 0.2) is 18.2 Å². The topological polar surface area (TPSA) is 58.4 Å². The Bertz CT molecular complexity index is 501. The first-order chi connectivity index (χ1) is 9.13. The Morgan fingerprint density at radius 2 is 2.16 bits per heavy atom. The number of carbonyl (C=O) groups is 1. The summed E-state index contributed by atoms with van der Waals surface area (Å²) in [6.07, 6.45) is 3.47. The van der Waals surface area contributed by atoms with Crippen LogP contribution in [0.1, 0.15) is 29.6 Å². The maximum absolute atomic E-state index is 13.6. The molecule has 0 aromatic heterocycles. The third-order valence-electron chi connectivity index (χ3n) is 3.85. The minimum absolute atomic E-state index is 0.0323. The van der Waals surface area contributed by atoms with Gasteiger partial charge in [-0.15, -0.1) is 0 Å². The van der Waals surface area contributed by atoms with Crippen LogP contribution in [0.3, 0.4) is 0 Å². The van der Waals surface area contributed by atoms with Crippen LogP contribution in [-0.2, 0) is 0 Å². The molecule has 102 valence electrons. The van der Waals surface area contributed by atoms with E-state index in [1.807, 2.05) is 0 Å². The van der Waals surface area contributed by atoms with Crippen molar-refractivity contribution in [3.05, 3.63) is 29.6 Å². The lowest BCUT2D eigenvalue weighted by molar-refractivity contribution is 0.0933. The third-order valence-corrected chi connectivity index (χ3v) is 3.85. The second kappa shape index (κ2) is 4.81. The highest BCUT2D eigenvalue weighted by atomic mass is 19.1. The minimum atomic E-state index is -0.524. The molecule has 5 heteroatoms. The summed E-state index contributed by atoms with van der Waals surface area (Å²) in [6, 6.07) is 4.91. The Morgan fingerprint density at radius 1 is 1.37 bits per heavy atom. The van der Waals surface area contributed by atoms with Crippen LogP contribution >= 0.6 is 0 Å². The highest BCUT2D eigenvalue weighted by molar-refractivity contribution is 5.95. The zero-order chi connectivity index (χ0) is 13.4. The number of benzene rings is 1. The van der Waals surface area contributed by atoms with E-state index in [1.165, 1.54) is 31.0 Å². The number of hydrogen-bond acceptors (Lipinski definition) is 3. The molecule has 3 rings (SSSR count). The summed E-state index contributed by atoms with van der Waals surface area (Å²) in [5.41, 5.74) is 6.02. The van der Waals surface area contributed by atoms with Gasteiger partial charge in [-0.1, -0.05) is 0 Å². The molecule has 0 bridgehead atoms. The molecule has 1 heterocycles. The van der Waals surface area contributed by atoms with Crippen LogP contribution in [0.25, 0.3) is 0 Å². The molecule has 0 spiro atoms. The van der Waals surface area contributed by atoms with Gasteiger partial charge < -0.3 is 11.1 Å². The SMILES string of the molecule is Nc1ccc(F)c(C(=O)NC2CCN(C3CC3)C2)c1. The molecule has 1 aromatic carbocycles. The van der Waals surface area contributed by atoms with E-state index in [-0.39, 0.29) is 17.5 Å². The second-order valence-electron chi connectivity index (χ2n) is 5.42. The Balaban J connectivity index is 1.63. The molecule has 2 fully saturated rings. The number of nitrogens with two attached hydrogens (primary N) is 1. The van der Waals surface area contributed by atoms with Gasteiger partial charge in [0, 0.05) is 30.9 Å². The zero-order valence-electron chi connectivity index (χ0n) is 10.7. The summed E-state index contributed by atoms with van der Waals surface area (Å²) in [7, 11) is 0. The van der Waals surface area contributed by atoms with Crippen LogP contribution in [0.2, 0.25) is 0 Å². The van der Waals surface area contributed by atoms with Crippen molar-refractivity contribution < 1.29 is 9.18 Å². The smallest absolute Gasteiger partial charge is 0.254 e. The van der Waals surface area contributed by atoms with E-state index in [4.69, 9.17) is 5.73 Å². The first-order valence-electron chi connectivity index (χ1n) is 6.73. The third kappa shape index (κ3) is 2.71. The van der Waals surface area contributed by atoms with Crippen molar-refractivity contribution in [3.8, 4) is 0 Å². The van der Waals surface area contributed by atoms with Crippen LogP contribution in [0.5, 0.6) is 0 Å². The van der Waals surface area contributed by atoms with Crippen molar-refractivity contribution in [3.63, 3.8) is 0 Å². The molecule has 2 aliphatic rings. The standard InChI is InChI=1S/C14H18FN3O/c15-13-4-1-9(16)7-12(13)14(19)17-10-5-6-18(8-10)11-2-3-11/h1,4,7,10-11H,2-3,5-6,8,16H2,(H,17,19). The van der Waals surface area contributed by atoms with E-state index >= 15 is 0 Å². The molecule has 1 aliphatic heterocycles. The molecule has 1 aliphatic carbocycles. The van der Waals surface area contributed by atoms with Gasteiger partial charge >= 0.3 is 0 Å². The van der Waals surface area contributed by atoms with Gasteiger partial charge in [-0.2, -0.15) is 0 Å². The van der Waals surface area contributed by atoms with Gasteiger partial charge in [0.05, 0.1) is 5.56 Å². The minimum Gasteiger partial charge on any atom is -0.399 e. The molecule has 1 unspecified atom stereocenters. The first kappa shape index (κ1) is 12.4. The summed E-state index contributed by atoms with van der Waals surface area (Å²) >= 11 is 0. The van der Waals surface area contributed by atoms with Crippen molar-refractivity contribution in [1.29, 1.82) is 0 Å². The average molecular weight is 263 g/mol. The van der Waals surface area contributed by atoms with Crippen molar-refractivity contribution in [2.24, 2.45) is 0 Å². The number of carbonyl (C=O) groups excluding carboxylic acids is 1. The van der Waals surface area contributed by atoms with Gasteiger partial charge in [-0.25, -0.2) is 4.39 Å². The lowest BCUT2D eigenvalue weighted by Gasteiger charge is -2.16. The average Bonchev–Trinajstić information content (AvgIpc) is 3.13. The lowest BCUT2D eigenvalue weighted by Crippen LogP contribution is -2.37. The van der Waals surface area contributed by atoms with E-state index in [1.54, 1.807) is 0 Å². The fraction of sp³-hybridized carbons (Fsp3) is 0.500. The summed E-state index contributed by atoms with van der Waals surface area (Å²) in [5.74, 6) is -0.892. The quantitative estimate of drug-likeness (QED) is 0.810. The number of likely N-dealkylation sites (tertiary alicyclic amines) is 1. The summed E-state index contributed by atoms with van der Waals surface area (Å²) < 4.78 is 13.6. The fourth-order valence-electron chi connectivity index (χ4n) is 2.66. The number of anilines is 1. The number of nitrogen functional groups attached to an aromatic ring is 1. The number of amides is 1. The molecule has 1 saturated heterocycles. The van der Waals surface area contributed by atoms with Gasteiger partial charge in [0.15, 0.2) is 0 Å². The molecule has 1 saturated carbocycles. The summed E-state index contributed by atoms with van der Waals surface area (Å²) in [6.45, 7) is 1.90. The maximum atomic E-state index is 13.6. The van der Waals surface area contributed by atoms with E-state index in [0.717, 1.165) is 19.5 Å². The molecule has 1 aromatic rings. The predicted molar refractivity (Wildman–Crippen MR) is 71.3 cm³/mol. The van der Waals surface area contributed by atoms with Gasteiger partial charge in [-0.3, -0.25) is 9.69 Å². The Kier molecular flexibility index (Phi) is 3.14. The number of nitrogens with zero attached hydrogens (tertiary/aromatic N) is 1. The van der Waals surface area contributed by atoms with E-state index in [9.17, 15) is 9.18 Å². The van der Waals surface area contributed by atoms with Crippen LogP contribution in [0.4, 0.5) is 10.1 Å². The molecular formula is C14H18FN3O. The largest absolute Gasteiger partial charge is 0.399 e. The van der Waals surface area contributed by atoms with E-state index in [2.05, 4.69) is 10.2 Å². The maximum Gasteiger partial charge on any atom is 0.254 e. The predicted octanol–water partition coefficient (Wildman–Crippen LogP) is 1.37. The highest BCUT2D eigenvalue weighted by Crippen LogP contribution is 2.29. The number of hydrogen-bond donors (Lipinski definition) is 2.